The van der Waals surface area contributed by atoms with Gasteiger partial charge in [-0.25, -0.2) is 4.98 Å². The first-order valence-corrected chi connectivity index (χ1v) is 8.19. The molecular formula is C19H13ClN4O2. The number of H-pyrrole nitrogens is 1. The lowest BCUT2D eigenvalue weighted by Gasteiger charge is -2.07. The summed E-state index contributed by atoms with van der Waals surface area (Å²) in [5.74, 6) is 0.389. The quantitative estimate of drug-likeness (QED) is 0.552. The van der Waals surface area contributed by atoms with E-state index in [0.29, 0.717) is 27.7 Å². The Balaban J connectivity index is 1.56. The minimum absolute atomic E-state index is 0.277. The predicted molar refractivity (Wildman–Crippen MR) is 98.9 cm³/mol. The first-order valence-electron chi connectivity index (χ1n) is 7.81. The molecule has 128 valence electrons. The summed E-state index contributed by atoms with van der Waals surface area (Å²) in [6, 6.07) is 14.6. The van der Waals surface area contributed by atoms with Crippen LogP contribution in [0.5, 0.6) is 0 Å². The van der Waals surface area contributed by atoms with Crippen LogP contribution >= 0.6 is 11.6 Å². The highest BCUT2D eigenvalue weighted by Gasteiger charge is 2.17. The first-order chi connectivity index (χ1) is 12.7. The average molecular weight is 365 g/mol. The van der Waals surface area contributed by atoms with Gasteiger partial charge in [0.05, 0.1) is 23.7 Å². The molecule has 0 aliphatic carbocycles. The van der Waals surface area contributed by atoms with E-state index >= 15 is 0 Å². The normalized spacial score (nSPS) is 10.7. The molecule has 26 heavy (non-hydrogen) atoms. The van der Waals surface area contributed by atoms with Crippen molar-refractivity contribution in [2.24, 2.45) is 0 Å². The molecule has 2 aromatic heterocycles. The van der Waals surface area contributed by atoms with E-state index in [0.717, 1.165) is 11.1 Å². The molecule has 0 atom stereocenters. The molecule has 0 aliphatic heterocycles. The van der Waals surface area contributed by atoms with Crippen LogP contribution < -0.4 is 5.32 Å². The van der Waals surface area contributed by atoms with Crippen LogP contribution in [0.4, 0.5) is 5.69 Å². The number of rotatable bonds is 4. The molecule has 2 N–H and O–H groups in total. The topological polar surface area (TPSA) is 83.8 Å². The number of hydrogen-bond acceptors (Lipinski definition) is 4. The van der Waals surface area contributed by atoms with Crippen LogP contribution in [0, 0.1) is 0 Å². The molecule has 0 unspecified atom stereocenters. The summed E-state index contributed by atoms with van der Waals surface area (Å²) in [5.41, 5.74) is 3.24. The van der Waals surface area contributed by atoms with Gasteiger partial charge in [0.1, 0.15) is 0 Å². The van der Waals surface area contributed by atoms with Crippen LogP contribution in [0.25, 0.3) is 22.6 Å². The summed E-state index contributed by atoms with van der Waals surface area (Å²) in [7, 11) is 0. The van der Waals surface area contributed by atoms with E-state index in [1.807, 2.05) is 30.3 Å². The van der Waals surface area contributed by atoms with Crippen LogP contribution in [0.3, 0.4) is 0 Å². The molecular weight excluding hydrogens is 352 g/mol. The lowest BCUT2D eigenvalue weighted by atomic mass is 10.1. The maximum atomic E-state index is 12.7. The number of halogens is 1. The van der Waals surface area contributed by atoms with Crippen molar-refractivity contribution in [1.82, 2.24) is 15.2 Å². The Bertz CT molecular complexity index is 1040. The maximum Gasteiger partial charge on any atom is 0.259 e. The van der Waals surface area contributed by atoms with Gasteiger partial charge in [-0.1, -0.05) is 29.8 Å². The largest absolute Gasteiger partial charge is 0.444 e. The third kappa shape index (κ3) is 3.10. The highest BCUT2D eigenvalue weighted by Crippen LogP contribution is 2.29. The maximum absolute atomic E-state index is 12.7. The van der Waals surface area contributed by atoms with Crippen molar-refractivity contribution >= 4 is 23.2 Å². The van der Waals surface area contributed by atoms with Crippen molar-refractivity contribution in [3.8, 4) is 22.6 Å². The Labute approximate surface area is 153 Å². The standard InChI is InChI=1S/C19H13ClN4O2/c20-16-4-2-1-3-14(16)18-15(9-22-24-18)19(25)23-13-7-5-12(6-8-13)17-10-21-11-26-17/h1-11H,(H,22,24)(H,23,25). The number of aromatic nitrogens is 3. The number of hydrogen-bond donors (Lipinski definition) is 2. The van der Waals surface area contributed by atoms with Crippen molar-refractivity contribution in [2.75, 3.05) is 5.32 Å². The number of carbonyl (C=O) groups is 1. The van der Waals surface area contributed by atoms with Gasteiger partial charge in [-0.15, -0.1) is 0 Å². The highest BCUT2D eigenvalue weighted by atomic mass is 35.5. The summed E-state index contributed by atoms with van der Waals surface area (Å²) in [5, 5.41) is 10.2. The van der Waals surface area contributed by atoms with Crippen LogP contribution in [0.1, 0.15) is 10.4 Å². The number of anilines is 1. The number of nitrogens with zero attached hydrogens (tertiary/aromatic N) is 2. The molecule has 2 heterocycles. The van der Waals surface area contributed by atoms with Crippen molar-refractivity contribution in [3.05, 3.63) is 77.9 Å². The Morgan fingerprint density at radius 2 is 1.88 bits per heavy atom. The van der Waals surface area contributed by atoms with Gasteiger partial charge in [-0.3, -0.25) is 9.89 Å². The third-order valence-electron chi connectivity index (χ3n) is 3.89. The van der Waals surface area contributed by atoms with Crippen LogP contribution in [-0.2, 0) is 0 Å². The van der Waals surface area contributed by atoms with E-state index in [2.05, 4.69) is 20.5 Å². The lowest BCUT2D eigenvalue weighted by Crippen LogP contribution is -2.12. The number of nitrogens with one attached hydrogen (secondary N) is 2. The number of oxazole rings is 1. The summed E-state index contributed by atoms with van der Waals surface area (Å²) in [6.45, 7) is 0. The zero-order valence-electron chi connectivity index (χ0n) is 13.4. The fourth-order valence-corrected chi connectivity index (χ4v) is 2.83. The van der Waals surface area contributed by atoms with E-state index < -0.39 is 0 Å². The molecule has 0 fully saturated rings. The van der Waals surface area contributed by atoms with Gasteiger partial charge in [-0.2, -0.15) is 5.10 Å². The SMILES string of the molecule is O=C(Nc1ccc(-c2cnco2)cc1)c1cn[nH]c1-c1ccccc1Cl. The molecule has 0 saturated heterocycles. The lowest BCUT2D eigenvalue weighted by molar-refractivity contribution is 0.102. The zero-order chi connectivity index (χ0) is 17.9. The Hall–Kier alpha value is -3.38. The number of amides is 1. The minimum Gasteiger partial charge on any atom is -0.444 e. The molecule has 6 nitrogen and oxygen atoms in total. The van der Waals surface area contributed by atoms with Gasteiger partial charge in [0.2, 0.25) is 0 Å². The second kappa shape index (κ2) is 6.85. The van der Waals surface area contributed by atoms with Crippen molar-refractivity contribution in [1.29, 1.82) is 0 Å². The van der Waals surface area contributed by atoms with Gasteiger partial charge in [0.15, 0.2) is 12.2 Å². The second-order valence-electron chi connectivity index (χ2n) is 5.54. The van der Waals surface area contributed by atoms with E-state index in [4.69, 9.17) is 16.0 Å². The van der Waals surface area contributed by atoms with Crippen molar-refractivity contribution in [2.45, 2.75) is 0 Å². The fourth-order valence-electron chi connectivity index (χ4n) is 2.60. The predicted octanol–water partition coefficient (Wildman–Crippen LogP) is 4.64. The van der Waals surface area contributed by atoms with E-state index in [1.165, 1.54) is 12.6 Å². The summed E-state index contributed by atoms with van der Waals surface area (Å²) >= 11 is 6.23. The molecule has 0 saturated carbocycles. The molecule has 0 aliphatic rings. The highest BCUT2D eigenvalue weighted by molar-refractivity contribution is 6.33. The number of carbonyl (C=O) groups excluding carboxylic acids is 1. The molecule has 1 amide bonds. The zero-order valence-corrected chi connectivity index (χ0v) is 14.2. The fraction of sp³-hybridized carbons (Fsp3) is 0. The van der Waals surface area contributed by atoms with Crippen molar-refractivity contribution in [3.63, 3.8) is 0 Å². The Morgan fingerprint density at radius 3 is 2.62 bits per heavy atom. The molecule has 4 aromatic rings. The van der Waals surface area contributed by atoms with Gasteiger partial charge in [0, 0.05) is 21.8 Å². The molecule has 2 aromatic carbocycles. The molecule has 0 radical (unpaired) electrons. The van der Waals surface area contributed by atoms with E-state index in [-0.39, 0.29) is 5.91 Å². The number of benzene rings is 2. The third-order valence-corrected chi connectivity index (χ3v) is 4.22. The Morgan fingerprint density at radius 1 is 1.08 bits per heavy atom. The summed E-state index contributed by atoms with van der Waals surface area (Å²) in [6.07, 6.45) is 4.49. The molecule has 4 rings (SSSR count). The van der Waals surface area contributed by atoms with Gasteiger partial charge in [0.25, 0.3) is 5.91 Å². The smallest absolute Gasteiger partial charge is 0.259 e. The minimum atomic E-state index is -0.277. The summed E-state index contributed by atoms with van der Waals surface area (Å²) < 4.78 is 5.25. The Kier molecular flexibility index (Phi) is 4.25. The second-order valence-corrected chi connectivity index (χ2v) is 5.94. The number of aromatic amines is 1. The van der Waals surface area contributed by atoms with Gasteiger partial charge >= 0.3 is 0 Å². The average Bonchev–Trinajstić information content (AvgIpc) is 3.35. The van der Waals surface area contributed by atoms with Crippen LogP contribution in [0.2, 0.25) is 5.02 Å². The van der Waals surface area contributed by atoms with Crippen LogP contribution in [0.15, 0.2) is 71.7 Å². The molecule has 0 spiro atoms. The molecule has 0 bridgehead atoms. The first kappa shape index (κ1) is 16.1. The van der Waals surface area contributed by atoms with Gasteiger partial charge in [-0.05, 0) is 30.3 Å². The van der Waals surface area contributed by atoms with Crippen LogP contribution in [-0.4, -0.2) is 21.1 Å². The van der Waals surface area contributed by atoms with E-state index in [9.17, 15) is 4.79 Å². The summed E-state index contributed by atoms with van der Waals surface area (Å²) in [4.78, 5) is 16.5. The monoisotopic (exact) mass is 364 g/mol. The van der Waals surface area contributed by atoms with E-state index in [1.54, 1.807) is 24.4 Å². The molecule has 7 heteroatoms. The van der Waals surface area contributed by atoms with Gasteiger partial charge < -0.3 is 9.73 Å². The van der Waals surface area contributed by atoms with Crippen molar-refractivity contribution < 1.29 is 9.21 Å².